The predicted octanol–water partition coefficient (Wildman–Crippen LogP) is 0.747. The summed E-state index contributed by atoms with van der Waals surface area (Å²) in [5.41, 5.74) is 0. The van der Waals surface area contributed by atoms with Crippen LogP contribution in [0.4, 0.5) is 0 Å². The molecule has 0 unspecified atom stereocenters. The quantitative estimate of drug-likeness (QED) is 0.458. The van der Waals surface area contributed by atoms with Crippen LogP contribution < -0.4 is 0 Å². The first-order valence-electron chi connectivity index (χ1n) is 1.93. The van der Waals surface area contributed by atoms with E-state index in [9.17, 15) is 0 Å². The van der Waals surface area contributed by atoms with Gasteiger partial charge in [0.25, 0.3) is 0 Å². The molecule has 0 aromatic carbocycles. The molecule has 0 saturated carbocycles. The fraction of sp³-hybridized carbons (Fsp3) is 0. The van der Waals surface area contributed by atoms with Gasteiger partial charge in [-0.2, -0.15) is 0 Å². The van der Waals surface area contributed by atoms with Gasteiger partial charge in [0.15, 0.2) is 0 Å². The van der Waals surface area contributed by atoms with E-state index in [4.69, 9.17) is 10.2 Å². The van der Waals surface area contributed by atoms with E-state index >= 15 is 0 Å². The topological polar surface area (TPSA) is 58.9 Å². The number of allylic oxidation sites excluding steroid dienone is 1. The van der Waals surface area contributed by atoms with Crippen LogP contribution in [0.5, 0.6) is 0 Å². The van der Waals surface area contributed by atoms with Crippen LogP contribution in [0.15, 0.2) is 24.0 Å². The van der Waals surface area contributed by atoms with E-state index < -0.39 is 5.95 Å². The molecule has 44 valence electrons. The Labute approximate surface area is 45.2 Å². The van der Waals surface area contributed by atoms with Crippen LogP contribution in [-0.4, -0.2) is 10.2 Å². The van der Waals surface area contributed by atoms with Crippen LogP contribution in [0, 0.1) is 0 Å². The fourth-order valence-electron chi connectivity index (χ4n) is 0.280. The van der Waals surface area contributed by atoms with Crippen molar-refractivity contribution >= 4 is 0 Å². The molecular formula is C4H4O4. The molecular weight excluding hydrogens is 112 g/mol. The summed E-state index contributed by atoms with van der Waals surface area (Å²) in [6.45, 7) is 0. The lowest BCUT2D eigenvalue weighted by molar-refractivity contribution is -0.249. The van der Waals surface area contributed by atoms with Gasteiger partial charge in [0, 0.05) is 6.08 Å². The lowest BCUT2D eigenvalue weighted by atomic mass is 10.5. The first kappa shape index (κ1) is 4.83. The lowest BCUT2D eigenvalue weighted by Crippen LogP contribution is -1.97. The first-order valence-corrected chi connectivity index (χ1v) is 1.93. The van der Waals surface area contributed by atoms with Crippen molar-refractivity contribution in [3.63, 3.8) is 0 Å². The zero-order chi connectivity index (χ0) is 5.98. The third-order valence-corrected chi connectivity index (χ3v) is 0.628. The van der Waals surface area contributed by atoms with E-state index in [1.54, 1.807) is 0 Å². The highest BCUT2D eigenvalue weighted by atomic mass is 17.2. The van der Waals surface area contributed by atoms with E-state index in [-0.39, 0.29) is 5.76 Å². The maximum Gasteiger partial charge on any atom is 0.370 e. The minimum Gasteiger partial charge on any atom is -0.502 e. The molecule has 2 N–H and O–H groups in total. The Balaban J connectivity index is 2.76. The van der Waals surface area contributed by atoms with Gasteiger partial charge in [-0.3, -0.25) is 4.89 Å². The normalized spacial score (nSPS) is 17.5. The van der Waals surface area contributed by atoms with Gasteiger partial charge in [-0.25, -0.2) is 4.89 Å². The molecule has 0 bridgehead atoms. The number of aliphatic hydroxyl groups is 2. The van der Waals surface area contributed by atoms with Gasteiger partial charge in [0.05, 0.1) is 0 Å². The zero-order valence-corrected chi connectivity index (χ0v) is 3.87. The van der Waals surface area contributed by atoms with Crippen LogP contribution in [-0.2, 0) is 9.78 Å². The van der Waals surface area contributed by atoms with Crippen molar-refractivity contribution in [3.8, 4) is 0 Å². The van der Waals surface area contributed by atoms with E-state index in [1.807, 2.05) is 0 Å². The highest BCUT2D eigenvalue weighted by Gasteiger charge is 2.06. The number of hydrogen-bond acceptors (Lipinski definition) is 4. The molecule has 0 saturated heterocycles. The SMILES string of the molecule is OC1=C(O)OOC=C1. The second-order valence-corrected chi connectivity index (χ2v) is 1.17. The third-order valence-electron chi connectivity index (χ3n) is 0.628. The average molecular weight is 116 g/mol. The monoisotopic (exact) mass is 116 g/mol. The molecule has 0 spiro atoms. The summed E-state index contributed by atoms with van der Waals surface area (Å²) in [6, 6.07) is 0. The highest BCUT2D eigenvalue weighted by Crippen LogP contribution is 2.06. The molecule has 0 aliphatic carbocycles. The Morgan fingerprint density at radius 1 is 1.38 bits per heavy atom. The minimum absolute atomic E-state index is 0.337. The summed E-state index contributed by atoms with van der Waals surface area (Å²) in [7, 11) is 0. The van der Waals surface area contributed by atoms with Gasteiger partial charge in [0.2, 0.25) is 5.76 Å². The smallest absolute Gasteiger partial charge is 0.370 e. The van der Waals surface area contributed by atoms with Crippen molar-refractivity contribution < 1.29 is 20.0 Å². The maximum atomic E-state index is 8.52. The van der Waals surface area contributed by atoms with E-state index in [1.165, 1.54) is 6.08 Å². The molecule has 1 aliphatic heterocycles. The molecule has 0 radical (unpaired) electrons. The van der Waals surface area contributed by atoms with E-state index in [0.717, 1.165) is 6.26 Å². The van der Waals surface area contributed by atoms with Crippen LogP contribution in [0.25, 0.3) is 0 Å². The Kier molecular flexibility index (Phi) is 0.997. The van der Waals surface area contributed by atoms with Crippen molar-refractivity contribution in [2.24, 2.45) is 0 Å². The zero-order valence-electron chi connectivity index (χ0n) is 3.87. The van der Waals surface area contributed by atoms with Crippen molar-refractivity contribution in [2.75, 3.05) is 0 Å². The Bertz CT molecular complexity index is 146. The molecule has 1 aliphatic rings. The molecule has 1 rings (SSSR count). The second-order valence-electron chi connectivity index (χ2n) is 1.17. The summed E-state index contributed by atoms with van der Waals surface area (Å²) in [5.74, 6) is -0.955. The number of aliphatic hydroxyl groups excluding tert-OH is 2. The summed E-state index contributed by atoms with van der Waals surface area (Å²) >= 11 is 0. The minimum atomic E-state index is -0.618. The van der Waals surface area contributed by atoms with Gasteiger partial charge in [-0.05, 0) is 0 Å². The van der Waals surface area contributed by atoms with E-state index in [0.29, 0.717) is 0 Å². The molecule has 4 heteroatoms. The molecule has 8 heavy (non-hydrogen) atoms. The molecule has 0 amide bonds. The maximum absolute atomic E-state index is 8.52. The number of rotatable bonds is 0. The molecule has 0 aromatic heterocycles. The van der Waals surface area contributed by atoms with E-state index in [2.05, 4.69) is 9.78 Å². The molecule has 0 fully saturated rings. The molecule has 4 nitrogen and oxygen atoms in total. The highest BCUT2D eigenvalue weighted by molar-refractivity contribution is 5.09. The van der Waals surface area contributed by atoms with Crippen molar-refractivity contribution in [1.29, 1.82) is 0 Å². The van der Waals surface area contributed by atoms with Crippen LogP contribution in [0.1, 0.15) is 0 Å². The first-order chi connectivity index (χ1) is 3.80. The molecule has 0 atom stereocenters. The van der Waals surface area contributed by atoms with Gasteiger partial charge < -0.3 is 10.2 Å². The second kappa shape index (κ2) is 1.65. The predicted molar refractivity (Wildman–Crippen MR) is 23.6 cm³/mol. The van der Waals surface area contributed by atoms with Crippen molar-refractivity contribution in [3.05, 3.63) is 24.0 Å². The standard InChI is InChI=1S/C4H4O4/c5-3-1-2-7-8-4(3)6/h1-2,5-6H. The Morgan fingerprint density at radius 2 is 2.12 bits per heavy atom. The number of hydrogen-bond donors (Lipinski definition) is 2. The molecule has 0 aromatic rings. The van der Waals surface area contributed by atoms with Crippen molar-refractivity contribution in [1.82, 2.24) is 0 Å². The van der Waals surface area contributed by atoms with Crippen molar-refractivity contribution in [2.45, 2.75) is 0 Å². The summed E-state index contributed by atoms with van der Waals surface area (Å²) in [5, 5.41) is 16.9. The van der Waals surface area contributed by atoms with Crippen LogP contribution in [0.3, 0.4) is 0 Å². The van der Waals surface area contributed by atoms with Crippen LogP contribution in [0.2, 0.25) is 0 Å². The Morgan fingerprint density at radius 3 is 2.50 bits per heavy atom. The van der Waals surface area contributed by atoms with Gasteiger partial charge in [0.1, 0.15) is 6.26 Å². The van der Waals surface area contributed by atoms with Gasteiger partial charge in [-0.15, -0.1) is 0 Å². The summed E-state index contributed by atoms with van der Waals surface area (Å²) < 4.78 is 0. The summed E-state index contributed by atoms with van der Waals surface area (Å²) in [4.78, 5) is 8.09. The van der Waals surface area contributed by atoms with Gasteiger partial charge in [-0.1, -0.05) is 0 Å². The summed E-state index contributed by atoms with van der Waals surface area (Å²) in [6.07, 6.45) is 2.27. The van der Waals surface area contributed by atoms with Crippen LogP contribution >= 0.6 is 0 Å². The average Bonchev–Trinajstić information content (AvgIpc) is 1.77. The largest absolute Gasteiger partial charge is 0.502 e. The van der Waals surface area contributed by atoms with Gasteiger partial charge >= 0.3 is 5.95 Å². The Hall–Kier alpha value is -1.32. The molecule has 1 heterocycles. The third kappa shape index (κ3) is 0.676. The lowest BCUT2D eigenvalue weighted by Gasteiger charge is -2.03. The fourth-order valence-corrected chi connectivity index (χ4v) is 0.280.